The van der Waals surface area contributed by atoms with Gasteiger partial charge in [0.05, 0.1) is 7.11 Å². The zero-order chi connectivity index (χ0) is 12.1. The van der Waals surface area contributed by atoms with Gasteiger partial charge < -0.3 is 9.64 Å². The van der Waals surface area contributed by atoms with Crippen molar-refractivity contribution in [3.05, 3.63) is 42.1 Å². The topological polar surface area (TPSA) is 29.5 Å². The van der Waals surface area contributed by atoms with Crippen LogP contribution >= 0.6 is 0 Å². The predicted octanol–water partition coefficient (Wildman–Crippen LogP) is 2.49. The molecule has 1 aliphatic rings. The van der Waals surface area contributed by atoms with Crippen LogP contribution in [0.1, 0.15) is 23.2 Å². The molecule has 17 heavy (non-hydrogen) atoms. The van der Waals surface area contributed by atoms with Gasteiger partial charge in [-0.05, 0) is 25.0 Å². The SMILES string of the molecule is COc1cccc(C(=O)/C=C/N2CCCC2)c1. The second-order valence-electron chi connectivity index (χ2n) is 4.16. The molecule has 0 radical (unpaired) electrons. The smallest absolute Gasteiger partial charge is 0.187 e. The number of methoxy groups -OCH3 is 1. The Kier molecular flexibility index (Phi) is 3.81. The van der Waals surface area contributed by atoms with Gasteiger partial charge in [-0.2, -0.15) is 0 Å². The number of ether oxygens (including phenoxy) is 1. The molecule has 0 atom stereocenters. The second-order valence-corrected chi connectivity index (χ2v) is 4.16. The van der Waals surface area contributed by atoms with Crippen LogP contribution in [0.5, 0.6) is 5.75 Å². The third-order valence-electron chi connectivity index (χ3n) is 2.93. The number of carbonyl (C=O) groups excluding carboxylic acids is 1. The van der Waals surface area contributed by atoms with Gasteiger partial charge in [0.25, 0.3) is 0 Å². The summed E-state index contributed by atoms with van der Waals surface area (Å²) in [7, 11) is 1.60. The zero-order valence-corrected chi connectivity index (χ0v) is 10.1. The summed E-state index contributed by atoms with van der Waals surface area (Å²) in [6, 6.07) is 7.23. The Morgan fingerprint density at radius 2 is 2.12 bits per heavy atom. The predicted molar refractivity (Wildman–Crippen MR) is 67.3 cm³/mol. The van der Waals surface area contributed by atoms with Crippen molar-refractivity contribution >= 4 is 5.78 Å². The fourth-order valence-corrected chi connectivity index (χ4v) is 1.94. The van der Waals surface area contributed by atoms with Crippen LogP contribution in [0, 0.1) is 0 Å². The third-order valence-corrected chi connectivity index (χ3v) is 2.93. The van der Waals surface area contributed by atoms with Crippen LogP contribution in [0.25, 0.3) is 0 Å². The van der Waals surface area contributed by atoms with E-state index in [0.29, 0.717) is 11.3 Å². The summed E-state index contributed by atoms with van der Waals surface area (Å²) in [5.74, 6) is 0.737. The molecule has 1 fully saturated rings. The average Bonchev–Trinajstić information content (AvgIpc) is 2.89. The largest absolute Gasteiger partial charge is 0.497 e. The molecular formula is C14H17NO2. The lowest BCUT2D eigenvalue weighted by Crippen LogP contribution is -2.11. The van der Waals surface area contributed by atoms with Gasteiger partial charge in [-0.1, -0.05) is 12.1 Å². The number of ketones is 1. The number of nitrogens with zero attached hydrogens (tertiary/aromatic N) is 1. The summed E-state index contributed by atoms with van der Waals surface area (Å²) in [5.41, 5.74) is 0.666. The molecule has 3 nitrogen and oxygen atoms in total. The van der Waals surface area contributed by atoms with E-state index in [0.717, 1.165) is 13.1 Å². The van der Waals surface area contributed by atoms with E-state index in [-0.39, 0.29) is 5.78 Å². The van der Waals surface area contributed by atoms with Crippen molar-refractivity contribution in [1.29, 1.82) is 0 Å². The van der Waals surface area contributed by atoms with Gasteiger partial charge >= 0.3 is 0 Å². The Labute approximate surface area is 102 Å². The first-order valence-corrected chi connectivity index (χ1v) is 5.90. The average molecular weight is 231 g/mol. The molecule has 0 unspecified atom stereocenters. The maximum absolute atomic E-state index is 11.9. The van der Waals surface area contributed by atoms with Crippen LogP contribution in [0.3, 0.4) is 0 Å². The van der Waals surface area contributed by atoms with Gasteiger partial charge in [0.1, 0.15) is 5.75 Å². The highest BCUT2D eigenvalue weighted by Crippen LogP contribution is 2.14. The Balaban J connectivity index is 2.03. The van der Waals surface area contributed by atoms with E-state index >= 15 is 0 Å². The molecule has 0 amide bonds. The molecule has 0 bridgehead atoms. The van der Waals surface area contributed by atoms with Crippen LogP contribution in [-0.2, 0) is 0 Å². The first-order chi connectivity index (χ1) is 8.29. The van der Waals surface area contributed by atoms with Crippen molar-refractivity contribution in [1.82, 2.24) is 4.90 Å². The maximum Gasteiger partial charge on any atom is 0.187 e. The normalized spacial score (nSPS) is 15.5. The summed E-state index contributed by atoms with van der Waals surface area (Å²) in [6.07, 6.45) is 5.98. The van der Waals surface area contributed by atoms with E-state index in [4.69, 9.17) is 4.74 Å². The molecule has 90 valence electrons. The monoisotopic (exact) mass is 231 g/mol. The van der Waals surface area contributed by atoms with E-state index in [1.54, 1.807) is 25.3 Å². The first kappa shape index (κ1) is 11.7. The number of hydrogen-bond donors (Lipinski definition) is 0. The number of carbonyl (C=O) groups is 1. The Morgan fingerprint density at radius 3 is 2.82 bits per heavy atom. The number of benzene rings is 1. The van der Waals surface area contributed by atoms with Crippen LogP contribution in [0.4, 0.5) is 0 Å². The molecule has 1 heterocycles. The van der Waals surface area contributed by atoms with E-state index in [2.05, 4.69) is 4.90 Å². The van der Waals surface area contributed by atoms with Gasteiger partial charge in [-0.3, -0.25) is 4.79 Å². The highest BCUT2D eigenvalue weighted by Gasteiger charge is 2.08. The van der Waals surface area contributed by atoms with E-state index in [1.807, 2.05) is 18.3 Å². The summed E-state index contributed by atoms with van der Waals surface area (Å²) in [5, 5.41) is 0. The van der Waals surface area contributed by atoms with Crippen molar-refractivity contribution in [2.24, 2.45) is 0 Å². The molecule has 0 spiro atoms. The summed E-state index contributed by atoms with van der Waals surface area (Å²) in [4.78, 5) is 14.1. The molecule has 1 aromatic rings. The first-order valence-electron chi connectivity index (χ1n) is 5.90. The van der Waals surface area contributed by atoms with E-state index < -0.39 is 0 Å². The summed E-state index contributed by atoms with van der Waals surface area (Å²) >= 11 is 0. The van der Waals surface area contributed by atoms with Crippen molar-refractivity contribution in [2.45, 2.75) is 12.8 Å². The van der Waals surface area contributed by atoms with Gasteiger partial charge in [-0.25, -0.2) is 0 Å². The fraction of sp³-hybridized carbons (Fsp3) is 0.357. The fourth-order valence-electron chi connectivity index (χ4n) is 1.94. The molecule has 3 heteroatoms. The van der Waals surface area contributed by atoms with Gasteiger partial charge in [0.15, 0.2) is 5.78 Å². The van der Waals surface area contributed by atoms with Crippen LogP contribution in [0.2, 0.25) is 0 Å². The van der Waals surface area contributed by atoms with Crippen molar-refractivity contribution < 1.29 is 9.53 Å². The summed E-state index contributed by atoms with van der Waals surface area (Å²) in [6.45, 7) is 2.11. The molecule has 2 rings (SSSR count). The molecule has 0 aliphatic carbocycles. The molecule has 0 aromatic heterocycles. The lowest BCUT2D eigenvalue weighted by Gasteiger charge is -2.09. The Morgan fingerprint density at radius 1 is 1.35 bits per heavy atom. The third kappa shape index (κ3) is 3.09. The quantitative estimate of drug-likeness (QED) is 0.589. The minimum atomic E-state index is 0.0239. The number of likely N-dealkylation sites (tertiary alicyclic amines) is 1. The van der Waals surface area contributed by atoms with Crippen LogP contribution < -0.4 is 4.74 Å². The van der Waals surface area contributed by atoms with E-state index in [1.165, 1.54) is 12.8 Å². The molecule has 0 saturated carbocycles. The van der Waals surface area contributed by atoms with Crippen LogP contribution in [0.15, 0.2) is 36.5 Å². The lowest BCUT2D eigenvalue weighted by atomic mass is 10.1. The molecule has 1 aromatic carbocycles. The van der Waals surface area contributed by atoms with E-state index in [9.17, 15) is 4.79 Å². The second kappa shape index (κ2) is 5.53. The highest BCUT2D eigenvalue weighted by molar-refractivity contribution is 6.04. The number of hydrogen-bond acceptors (Lipinski definition) is 3. The summed E-state index contributed by atoms with van der Waals surface area (Å²) < 4.78 is 5.10. The minimum absolute atomic E-state index is 0.0239. The zero-order valence-electron chi connectivity index (χ0n) is 10.1. The number of rotatable bonds is 4. The maximum atomic E-state index is 11.9. The van der Waals surface area contributed by atoms with Crippen molar-refractivity contribution in [2.75, 3.05) is 20.2 Å². The van der Waals surface area contributed by atoms with Gasteiger partial charge in [0.2, 0.25) is 0 Å². The van der Waals surface area contributed by atoms with Crippen molar-refractivity contribution in [3.63, 3.8) is 0 Å². The van der Waals surface area contributed by atoms with Gasteiger partial charge in [0, 0.05) is 30.9 Å². The minimum Gasteiger partial charge on any atom is -0.497 e. The molecule has 1 saturated heterocycles. The van der Waals surface area contributed by atoms with Crippen molar-refractivity contribution in [3.8, 4) is 5.75 Å². The Bertz CT molecular complexity index is 420. The molecule has 1 aliphatic heterocycles. The standard InChI is InChI=1S/C14H17NO2/c1-17-13-6-4-5-12(11-13)14(16)7-10-15-8-2-3-9-15/h4-7,10-11H,2-3,8-9H2,1H3/b10-7+. The Hall–Kier alpha value is -1.77. The molecular weight excluding hydrogens is 214 g/mol. The molecule has 0 N–H and O–H groups in total. The number of allylic oxidation sites excluding steroid dienone is 1. The highest BCUT2D eigenvalue weighted by atomic mass is 16.5. The lowest BCUT2D eigenvalue weighted by molar-refractivity contribution is 0.104. The van der Waals surface area contributed by atoms with Crippen LogP contribution in [-0.4, -0.2) is 30.9 Å². The van der Waals surface area contributed by atoms with Gasteiger partial charge in [-0.15, -0.1) is 0 Å².